The van der Waals surface area contributed by atoms with Gasteiger partial charge in [-0.1, -0.05) is 34.1 Å². The Morgan fingerprint density at radius 1 is 0.571 bits per heavy atom. The van der Waals surface area contributed by atoms with E-state index in [9.17, 15) is 19.2 Å². The summed E-state index contributed by atoms with van der Waals surface area (Å²) in [4.78, 5) is 67.8. The van der Waals surface area contributed by atoms with Gasteiger partial charge in [-0.15, -0.1) is 0 Å². The topological polar surface area (TPSA) is 236 Å². The monoisotopic (exact) mass is 1200 g/mol. The summed E-state index contributed by atoms with van der Waals surface area (Å²) < 4.78 is 33.5. The number of imidazole rings is 2. The van der Waals surface area contributed by atoms with Crippen LogP contribution >= 0.6 is 15.9 Å². The lowest BCUT2D eigenvalue weighted by molar-refractivity contribution is 0.00578. The van der Waals surface area contributed by atoms with E-state index in [0.29, 0.717) is 13.1 Å². The first kappa shape index (κ1) is 60.1. The highest BCUT2D eigenvalue weighted by Crippen LogP contribution is 2.37. The minimum atomic E-state index is -0.594. The van der Waals surface area contributed by atoms with E-state index in [1.54, 1.807) is 108 Å². The van der Waals surface area contributed by atoms with Crippen molar-refractivity contribution < 1.29 is 28.4 Å². The molecule has 11 rings (SSSR count). The third kappa shape index (κ3) is 13.3. The molecule has 1 aliphatic heterocycles. The van der Waals surface area contributed by atoms with Crippen molar-refractivity contribution in [3.8, 4) is 33.6 Å². The van der Waals surface area contributed by atoms with Crippen molar-refractivity contribution in [2.24, 2.45) is 28.2 Å². The SMILES string of the molecule is Cn1c(=O)n(CCNC(=O)OC(C)(C)C)c2c3cc(Br)ccc3ncc21.Cn1cc(-c2ccc(-c3ccc4ncc5c(c4c3)n(CCNC(=O)OC(C)(C)C)c(=O)n5C)cn2)cn1.Cn1cc(-c2ccc(B3OC(C)(C)C(C)(C)O3)cn2)cn1. The van der Waals surface area contributed by atoms with Gasteiger partial charge in [-0.2, -0.15) is 10.2 Å². The normalized spacial score (nSPS) is 13.9. The van der Waals surface area contributed by atoms with E-state index in [1.165, 1.54) is 0 Å². The second-order valence-corrected chi connectivity index (χ2v) is 24.4. The number of benzene rings is 2. The van der Waals surface area contributed by atoms with E-state index in [0.717, 1.165) is 87.4 Å². The van der Waals surface area contributed by atoms with E-state index in [1.807, 2.05) is 127 Å². The summed E-state index contributed by atoms with van der Waals surface area (Å²) in [7, 11) is 6.83. The highest BCUT2D eigenvalue weighted by atomic mass is 79.9. The number of amides is 2. The molecule has 24 heteroatoms. The van der Waals surface area contributed by atoms with Crippen LogP contribution in [-0.2, 0) is 60.1 Å². The molecule has 0 radical (unpaired) electrons. The van der Waals surface area contributed by atoms with Gasteiger partial charge in [0.2, 0.25) is 0 Å². The number of rotatable bonds is 10. The first-order valence-electron chi connectivity index (χ1n) is 27.4. The van der Waals surface area contributed by atoms with Gasteiger partial charge in [-0.05, 0) is 117 Å². The number of hydrogen-bond donors (Lipinski definition) is 2. The second-order valence-electron chi connectivity index (χ2n) is 23.5. The summed E-state index contributed by atoms with van der Waals surface area (Å²) in [6, 6.07) is 19.7. The Hall–Kier alpha value is -8.48. The Morgan fingerprint density at radius 3 is 1.45 bits per heavy atom. The van der Waals surface area contributed by atoms with Crippen LogP contribution < -0.4 is 27.5 Å². The Morgan fingerprint density at radius 2 is 1.02 bits per heavy atom. The summed E-state index contributed by atoms with van der Waals surface area (Å²) in [6.45, 7) is 20.2. The van der Waals surface area contributed by atoms with Crippen molar-refractivity contribution in [2.75, 3.05) is 13.1 Å². The molecule has 2 N–H and O–H groups in total. The number of ether oxygens (including phenoxy) is 2. The fraction of sp³-hybridized carbons (Fsp3) is 0.367. The van der Waals surface area contributed by atoms with Crippen LogP contribution in [0.3, 0.4) is 0 Å². The number of nitrogens with zero attached hydrogens (tertiary/aromatic N) is 12. The van der Waals surface area contributed by atoms with Crippen LogP contribution in [0.5, 0.6) is 0 Å². The summed E-state index contributed by atoms with van der Waals surface area (Å²) in [6.07, 6.45) is 13.5. The number of nitrogens with one attached hydrogen (secondary N) is 2. The number of carbonyl (C=O) groups is 2. The van der Waals surface area contributed by atoms with Crippen molar-refractivity contribution in [3.63, 3.8) is 0 Å². The molecular formula is C60H70BBrN14O8. The van der Waals surface area contributed by atoms with Crippen LogP contribution in [0.25, 0.3) is 77.5 Å². The molecule has 1 aliphatic rings. The molecule has 9 heterocycles. The molecule has 1 fully saturated rings. The Labute approximate surface area is 494 Å². The van der Waals surface area contributed by atoms with Crippen LogP contribution in [0.15, 0.2) is 124 Å². The highest BCUT2D eigenvalue weighted by molar-refractivity contribution is 9.10. The van der Waals surface area contributed by atoms with Gasteiger partial charge in [-0.3, -0.25) is 47.6 Å². The van der Waals surface area contributed by atoms with Gasteiger partial charge in [0.25, 0.3) is 0 Å². The molecule has 0 atom stereocenters. The van der Waals surface area contributed by atoms with Gasteiger partial charge in [-0.25, -0.2) is 19.2 Å². The number of aryl methyl sites for hydroxylation is 4. The second kappa shape index (κ2) is 23.6. The number of fused-ring (bicyclic) bond motifs is 6. The molecule has 0 bridgehead atoms. The van der Waals surface area contributed by atoms with Gasteiger partial charge < -0.3 is 29.4 Å². The van der Waals surface area contributed by atoms with Crippen LogP contribution in [0.4, 0.5) is 9.59 Å². The van der Waals surface area contributed by atoms with Crippen molar-refractivity contribution in [1.82, 2.24) is 68.4 Å². The maximum Gasteiger partial charge on any atom is 0.496 e. The average Bonchev–Trinajstić information content (AvgIpc) is 2.22. The third-order valence-electron chi connectivity index (χ3n) is 14.3. The number of hydrogen-bond acceptors (Lipinski definition) is 14. The molecule has 10 aromatic rings. The molecule has 0 saturated carbocycles. The Bertz CT molecular complexity index is 4170. The molecule has 0 spiro atoms. The average molecular weight is 1210 g/mol. The fourth-order valence-electron chi connectivity index (χ4n) is 9.43. The molecule has 1 saturated heterocycles. The van der Waals surface area contributed by atoms with Crippen molar-refractivity contribution >= 4 is 84.6 Å². The van der Waals surface area contributed by atoms with E-state index in [-0.39, 0.29) is 42.8 Å². The van der Waals surface area contributed by atoms with E-state index >= 15 is 0 Å². The maximum atomic E-state index is 13.1. The largest absolute Gasteiger partial charge is 0.496 e. The highest BCUT2D eigenvalue weighted by Gasteiger charge is 2.51. The summed E-state index contributed by atoms with van der Waals surface area (Å²) in [5.74, 6) is 0. The number of aromatic nitrogens is 12. The standard InChI is InChI=1S/C27H29N7O3.C18H21BrN4O3.C15H20BN3O2/c1-27(2,3)37-25(35)28-10-11-34-24-20-12-17(6-9-22(20)30-15-23(24)33(5)26(34)36)18-7-8-21(29-13-18)19-14-31-32(4)16-19;1-18(2,3)26-16(24)20-7-8-23-15-12-9-11(19)5-6-13(12)21-10-14(15)22(4)17(23)25;1-14(2)15(3,4)21-16(20-14)12-6-7-13(17-9-12)11-8-18-19(5)10-11/h6-9,12-16H,10-11H2,1-5H3,(H,28,35);5-6,9-10H,7-8H2,1-4H3,(H,20,24);6-10H,1-5H3. The van der Waals surface area contributed by atoms with Crippen LogP contribution in [0.2, 0.25) is 0 Å². The lowest BCUT2D eigenvalue weighted by Gasteiger charge is -2.32. The van der Waals surface area contributed by atoms with Crippen LogP contribution in [0, 0.1) is 0 Å². The molecule has 2 aromatic carbocycles. The van der Waals surface area contributed by atoms with Crippen molar-refractivity contribution in [1.29, 1.82) is 0 Å². The molecule has 84 heavy (non-hydrogen) atoms. The van der Waals surface area contributed by atoms with Gasteiger partial charge in [0.15, 0.2) is 0 Å². The predicted molar refractivity (Wildman–Crippen MR) is 329 cm³/mol. The summed E-state index contributed by atoms with van der Waals surface area (Å²) in [5.41, 5.74) is 8.99. The number of pyridine rings is 4. The first-order chi connectivity index (χ1) is 39.6. The lowest BCUT2D eigenvalue weighted by atomic mass is 9.80. The zero-order chi connectivity index (χ0) is 60.6. The minimum Gasteiger partial charge on any atom is -0.444 e. The molecule has 22 nitrogen and oxygen atoms in total. The summed E-state index contributed by atoms with van der Waals surface area (Å²) in [5, 5.41) is 15.5. The van der Waals surface area contributed by atoms with Crippen molar-refractivity contribution in [3.05, 3.63) is 136 Å². The maximum absolute atomic E-state index is 13.1. The lowest BCUT2D eigenvalue weighted by Crippen LogP contribution is -2.41. The number of alkyl carbamates (subject to hydrolysis) is 2. The van der Waals surface area contributed by atoms with Gasteiger partial charge in [0.05, 0.1) is 80.5 Å². The Balaban J connectivity index is 0.000000158. The Kier molecular flexibility index (Phi) is 16.9. The van der Waals surface area contributed by atoms with Gasteiger partial charge in [0.1, 0.15) is 11.2 Å². The zero-order valence-electron chi connectivity index (χ0n) is 49.8. The third-order valence-corrected chi connectivity index (χ3v) is 14.8. The summed E-state index contributed by atoms with van der Waals surface area (Å²) >= 11 is 3.47. The molecule has 0 unspecified atom stereocenters. The van der Waals surface area contributed by atoms with Crippen molar-refractivity contribution in [2.45, 2.75) is 105 Å². The number of carbonyl (C=O) groups excluding carboxylic acids is 2. The molecule has 438 valence electrons. The van der Waals surface area contributed by atoms with E-state index in [2.05, 4.69) is 56.7 Å². The molecule has 2 amide bonds. The van der Waals surface area contributed by atoms with E-state index in [4.69, 9.17) is 18.8 Å². The van der Waals surface area contributed by atoms with Gasteiger partial charge in [0, 0.05) is 117 Å². The fourth-order valence-corrected chi connectivity index (χ4v) is 9.79. The molecule has 8 aromatic heterocycles. The van der Waals surface area contributed by atoms with E-state index < -0.39 is 23.4 Å². The zero-order valence-corrected chi connectivity index (χ0v) is 51.4. The van der Waals surface area contributed by atoms with Crippen LogP contribution in [-0.4, -0.2) is 113 Å². The minimum absolute atomic E-state index is 0.153. The molecule has 0 aliphatic carbocycles. The smallest absolute Gasteiger partial charge is 0.444 e. The quantitative estimate of drug-likeness (QED) is 0.122. The van der Waals surface area contributed by atoms with Gasteiger partial charge >= 0.3 is 30.7 Å². The molecular weight excluding hydrogens is 1140 g/mol. The van der Waals surface area contributed by atoms with Crippen LogP contribution in [0.1, 0.15) is 69.2 Å². The predicted octanol–water partition coefficient (Wildman–Crippen LogP) is 8.83. The number of halogens is 1. The first-order valence-corrected chi connectivity index (χ1v) is 28.2.